The lowest BCUT2D eigenvalue weighted by Gasteiger charge is -2.18. The molecule has 112 valence electrons. The van der Waals surface area contributed by atoms with Gasteiger partial charge < -0.3 is 4.74 Å². The van der Waals surface area contributed by atoms with Crippen LogP contribution in [-0.4, -0.2) is 6.61 Å². The van der Waals surface area contributed by atoms with Crippen LogP contribution in [0.25, 0.3) is 0 Å². The van der Waals surface area contributed by atoms with E-state index in [-0.39, 0.29) is 5.56 Å². The Kier molecular flexibility index (Phi) is 4.99. The summed E-state index contributed by atoms with van der Waals surface area (Å²) in [7, 11) is 0. The van der Waals surface area contributed by atoms with Gasteiger partial charge in [0.1, 0.15) is 17.4 Å². The Bertz CT molecular complexity index is 655. The molecule has 21 heavy (non-hydrogen) atoms. The van der Waals surface area contributed by atoms with E-state index >= 15 is 0 Å². The number of aryl methyl sites for hydroxylation is 2. The molecule has 0 bridgehead atoms. The molecule has 1 nitrogen and oxygen atoms in total. The first-order valence-corrected chi connectivity index (χ1v) is 7.69. The Labute approximate surface area is 132 Å². The van der Waals surface area contributed by atoms with Crippen LogP contribution in [0.1, 0.15) is 34.0 Å². The molecule has 2 rings (SSSR count). The van der Waals surface area contributed by atoms with Crippen LogP contribution in [0.15, 0.2) is 30.3 Å². The van der Waals surface area contributed by atoms with Crippen molar-refractivity contribution in [3.8, 4) is 5.75 Å². The maximum Gasteiger partial charge on any atom is 0.133 e. The first-order chi connectivity index (χ1) is 9.95. The van der Waals surface area contributed by atoms with E-state index < -0.39 is 16.5 Å². The second-order valence-corrected chi connectivity index (χ2v) is 5.84. The fourth-order valence-electron chi connectivity index (χ4n) is 2.22. The topological polar surface area (TPSA) is 9.23 Å². The molecule has 1 atom stereocenters. The molecule has 0 spiro atoms. The van der Waals surface area contributed by atoms with E-state index in [1.165, 1.54) is 12.1 Å². The molecule has 2 aromatic rings. The highest BCUT2D eigenvalue weighted by atomic mass is 79.9. The van der Waals surface area contributed by atoms with E-state index in [0.29, 0.717) is 17.9 Å². The van der Waals surface area contributed by atoms with Crippen LogP contribution in [0, 0.1) is 25.5 Å². The number of alkyl halides is 1. The van der Waals surface area contributed by atoms with Crippen LogP contribution in [-0.2, 0) is 0 Å². The van der Waals surface area contributed by atoms with E-state index in [1.54, 1.807) is 6.92 Å². The summed E-state index contributed by atoms with van der Waals surface area (Å²) in [5.74, 6) is -0.463. The Hall–Kier alpha value is -1.42. The Morgan fingerprint density at radius 2 is 1.86 bits per heavy atom. The average Bonchev–Trinajstić information content (AvgIpc) is 2.45. The fraction of sp³-hybridized carbons (Fsp3) is 0.294. The molecule has 0 radical (unpaired) electrons. The van der Waals surface area contributed by atoms with Crippen molar-refractivity contribution in [3.05, 3.63) is 64.2 Å². The lowest BCUT2D eigenvalue weighted by atomic mass is 9.99. The first kappa shape index (κ1) is 16.0. The second-order valence-electron chi connectivity index (χ2n) is 4.93. The number of halogens is 3. The zero-order valence-electron chi connectivity index (χ0n) is 12.2. The van der Waals surface area contributed by atoms with Crippen LogP contribution < -0.4 is 4.74 Å². The van der Waals surface area contributed by atoms with Gasteiger partial charge in [0.25, 0.3) is 0 Å². The minimum atomic E-state index is -0.598. The number of hydrogen-bond acceptors (Lipinski definition) is 1. The molecule has 0 amide bonds. The number of hydrogen-bond donors (Lipinski definition) is 0. The van der Waals surface area contributed by atoms with Crippen LogP contribution in [0.4, 0.5) is 8.78 Å². The molecule has 0 aromatic heterocycles. The van der Waals surface area contributed by atoms with Gasteiger partial charge in [0.15, 0.2) is 0 Å². The van der Waals surface area contributed by atoms with Crippen molar-refractivity contribution in [2.45, 2.75) is 25.6 Å². The quantitative estimate of drug-likeness (QED) is 0.662. The third kappa shape index (κ3) is 3.26. The standard InChI is InChI=1S/C17H17BrF2O/c1-4-21-14-8-5-10(2)9-12(14)16(18)15-13(19)7-6-11(3)17(15)20/h5-9,16H,4H2,1-3H3. The highest BCUT2D eigenvalue weighted by molar-refractivity contribution is 9.09. The van der Waals surface area contributed by atoms with E-state index in [9.17, 15) is 8.78 Å². The van der Waals surface area contributed by atoms with Crippen molar-refractivity contribution < 1.29 is 13.5 Å². The molecule has 0 aliphatic carbocycles. The Morgan fingerprint density at radius 3 is 2.52 bits per heavy atom. The van der Waals surface area contributed by atoms with Gasteiger partial charge in [0, 0.05) is 11.1 Å². The zero-order chi connectivity index (χ0) is 15.6. The largest absolute Gasteiger partial charge is 0.494 e. The van der Waals surface area contributed by atoms with E-state index in [1.807, 2.05) is 32.0 Å². The van der Waals surface area contributed by atoms with E-state index in [0.717, 1.165) is 11.1 Å². The molecule has 0 N–H and O–H groups in total. The molecule has 0 fully saturated rings. The smallest absolute Gasteiger partial charge is 0.133 e. The zero-order valence-corrected chi connectivity index (χ0v) is 13.8. The summed E-state index contributed by atoms with van der Waals surface area (Å²) in [5, 5.41) is 0. The monoisotopic (exact) mass is 354 g/mol. The summed E-state index contributed by atoms with van der Waals surface area (Å²) in [5.41, 5.74) is 2.16. The second kappa shape index (κ2) is 6.56. The van der Waals surface area contributed by atoms with Gasteiger partial charge in [-0.15, -0.1) is 0 Å². The Morgan fingerprint density at radius 1 is 1.14 bits per heavy atom. The van der Waals surface area contributed by atoms with Gasteiger partial charge in [0.2, 0.25) is 0 Å². The summed E-state index contributed by atoms with van der Waals surface area (Å²) >= 11 is 3.42. The van der Waals surface area contributed by atoms with Gasteiger partial charge in [-0.05, 0) is 38.5 Å². The minimum absolute atomic E-state index is 0.0153. The molecule has 0 saturated carbocycles. The normalized spacial score (nSPS) is 12.3. The lowest BCUT2D eigenvalue weighted by molar-refractivity contribution is 0.336. The van der Waals surface area contributed by atoms with Crippen molar-refractivity contribution in [3.63, 3.8) is 0 Å². The van der Waals surface area contributed by atoms with Crippen molar-refractivity contribution in [2.75, 3.05) is 6.61 Å². The van der Waals surface area contributed by atoms with Crippen molar-refractivity contribution in [2.24, 2.45) is 0 Å². The summed E-state index contributed by atoms with van der Waals surface area (Å²) in [6.45, 7) is 5.93. The van der Waals surface area contributed by atoms with E-state index in [2.05, 4.69) is 15.9 Å². The minimum Gasteiger partial charge on any atom is -0.494 e. The van der Waals surface area contributed by atoms with Crippen molar-refractivity contribution in [1.82, 2.24) is 0 Å². The fourth-order valence-corrected chi connectivity index (χ4v) is 3.00. The number of benzene rings is 2. The van der Waals surface area contributed by atoms with Gasteiger partial charge in [-0.1, -0.05) is 39.7 Å². The molecule has 1 unspecified atom stereocenters. The van der Waals surface area contributed by atoms with Gasteiger partial charge in [-0.3, -0.25) is 0 Å². The molecule has 0 aliphatic heterocycles. The SMILES string of the molecule is CCOc1ccc(C)cc1C(Br)c1c(F)ccc(C)c1F. The molecule has 0 saturated heterocycles. The molecule has 0 aliphatic rings. The molecule has 2 aromatic carbocycles. The molecular formula is C17H17BrF2O. The van der Waals surface area contributed by atoms with Crippen molar-refractivity contribution in [1.29, 1.82) is 0 Å². The summed E-state index contributed by atoms with van der Waals surface area (Å²) in [4.78, 5) is -0.598. The predicted molar refractivity (Wildman–Crippen MR) is 84.2 cm³/mol. The van der Waals surface area contributed by atoms with Crippen molar-refractivity contribution >= 4 is 15.9 Å². The predicted octanol–water partition coefficient (Wildman–Crippen LogP) is 5.46. The third-order valence-corrected chi connectivity index (χ3v) is 4.26. The maximum absolute atomic E-state index is 14.3. The lowest BCUT2D eigenvalue weighted by Crippen LogP contribution is -2.05. The van der Waals surface area contributed by atoms with Gasteiger partial charge >= 0.3 is 0 Å². The van der Waals surface area contributed by atoms with Crippen LogP contribution >= 0.6 is 15.9 Å². The van der Waals surface area contributed by atoms with Crippen LogP contribution in [0.5, 0.6) is 5.75 Å². The third-order valence-electron chi connectivity index (χ3n) is 3.31. The molecule has 0 heterocycles. The number of ether oxygens (including phenoxy) is 1. The van der Waals surface area contributed by atoms with Gasteiger partial charge in [-0.25, -0.2) is 8.78 Å². The van der Waals surface area contributed by atoms with E-state index in [4.69, 9.17) is 4.74 Å². The average molecular weight is 355 g/mol. The van der Waals surface area contributed by atoms with Gasteiger partial charge in [0.05, 0.1) is 11.4 Å². The summed E-state index contributed by atoms with van der Waals surface area (Å²) in [6.07, 6.45) is 0. The first-order valence-electron chi connectivity index (χ1n) is 6.77. The maximum atomic E-state index is 14.3. The highest BCUT2D eigenvalue weighted by Gasteiger charge is 2.23. The highest BCUT2D eigenvalue weighted by Crippen LogP contribution is 2.40. The van der Waals surface area contributed by atoms with Crippen LogP contribution in [0.3, 0.4) is 0 Å². The number of rotatable bonds is 4. The van der Waals surface area contributed by atoms with Gasteiger partial charge in [-0.2, -0.15) is 0 Å². The molecular weight excluding hydrogens is 338 g/mol. The molecule has 4 heteroatoms. The summed E-state index contributed by atoms with van der Waals surface area (Å²) in [6, 6.07) is 8.35. The summed E-state index contributed by atoms with van der Waals surface area (Å²) < 4.78 is 33.9. The Balaban J connectivity index is 2.57. The van der Waals surface area contributed by atoms with Crippen LogP contribution in [0.2, 0.25) is 0 Å².